The fourth-order valence-corrected chi connectivity index (χ4v) is 1.83. The second kappa shape index (κ2) is 5.63. The molecule has 0 unspecified atom stereocenters. The van der Waals surface area contributed by atoms with Crippen LogP contribution in [0, 0.1) is 11.6 Å². The highest BCUT2D eigenvalue weighted by Gasteiger charge is 2.31. The van der Waals surface area contributed by atoms with E-state index in [4.69, 9.17) is 0 Å². The second-order valence-corrected chi connectivity index (χ2v) is 4.38. The molecular formula is C15H9F5O. The number of hydrogen-bond donors (Lipinski definition) is 0. The molecule has 0 spiro atoms. The van der Waals surface area contributed by atoms with Crippen LogP contribution in [0.3, 0.4) is 0 Å². The number of Topliss-reactive ketones (excluding diaryl/α,β-unsaturated/α-hetero) is 1. The Labute approximate surface area is 117 Å². The molecule has 0 heterocycles. The molecule has 0 aliphatic carbocycles. The highest BCUT2D eigenvalue weighted by atomic mass is 19.4. The van der Waals surface area contributed by atoms with E-state index >= 15 is 0 Å². The van der Waals surface area contributed by atoms with Crippen molar-refractivity contribution in [3.8, 4) is 0 Å². The first kappa shape index (κ1) is 15.2. The van der Waals surface area contributed by atoms with Crippen LogP contribution < -0.4 is 0 Å². The lowest BCUT2D eigenvalue weighted by molar-refractivity contribution is -0.137. The maximum absolute atomic E-state index is 13.4. The Kier molecular flexibility index (Phi) is 4.06. The summed E-state index contributed by atoms with van der Waals surface area (Å²) in [5, 5.41) is 0. The average molecular weight is 300 g/mol. The number of alkyl halides is 3. The van der Waals surface area contributed by atoms with E-state index in [-0.39, 0.29) is 5.56 Å². The molecule has 0 atom stereocenters. The fraction of sp³-hybridized carbons (Fsp3) is 0.133. The normalized spacial score (nSPS) is 11.5. The molecule has 0 fully saturated rings. The van der Waals surface area contributed by atoms with Gasteiger partial charge in [-0.3, -0.25) is 4.79 Å². The Hall–Kier alpha value is -2.24. The lowest BCUT2D eigenvalue weighted by atomic mass is 10.0. The zero-order chi connectivity index (χ0) is 15.6. The number of carbonyl (C=O) groups is 1. The quantitative estimate of drug-likeness (QED) is 0.606. The summed E-state index contributed by atoms with van der Waals surface area (Å²) in [5.41, 5.74) is -1.69. The number of benzene rings is 2. The molecule has 2 aromatic rings. The van der Waals surface area contributed by atoms with E-state index in [2.05, 4.69) is 0 Å². The summed E-state index contributed by atoms with van der Waals surface area (Å²) in [5.74, 6) is -2.60. The minimum absolute atomic E-state index is 0.243. The second-order valence-electron chi connectivity index (χ2n) is 4.38. The largest absolute Gasteiger partial charge is 0.416 e. The van der Waals surface area contributed by atoms with Crippen LogP contribution in [0.25, 0.3) is 0 Å². The zero-order valence-corrected chi connectivity index (χ0v) is 10.5. The van der Waals surface area contributed by atoms with Gasteiger partial charge in [0.25, 0.3) is 0 Å². The van der Waals surface area contributed by atoms with E-state index in [1.807, 2.05) is 0 Å². The maximum Gasteiger partial charge on any atom is 0.416 e. The topological polar surface area (TPSA) is 17.1 Å². The summed E-state index contributed by atoms with van der Waals surface area (Å²) in [6, 6.07) is 6.85. The molecule has 0 aromatic heterocycles. The Balaban J connectivity index is 2.29. The molecule has 2 rings (SSSR count). The van der Waals surface area contributed by atoms with Crippen LogP contribution in [0.5, 0.6) is 0 Å². The molecule has 0 amide bonds. The molecule has 1 nitrogen and oxygen atoms in total. The third-order valence-corrected chi connectivity index (χ3v) is 2.91. The SMILES string of the molecule is O=C(Cc1c(F)cccc1F)c1cccc(C(F)(F)F)c1. The van der Waals surface area contributed by atoms with Crippen molar-refractivity contribution in [2.45, 2.75) is 12.6 Å². The summed E-state index contributed by atoms with van der Waals surface area (Å²) >= 11 is 0. The predicted molar refractivity (Wildman–Crippen MR) is 65.8 cm³/mol. The zero-order valence-electron chi connectivity index (χ0n) is 10.5. The predicted octanol–water partition coefficient (Wildman–Crippen LogP) is 4.41. The molecule has 6 heteroatoms. The average Bonchev–Trinajstić information content (AvgIpc) is 2.42. The molecule has 2 aromatic carbocycles. The minimum atomic E-state index is -4.58. The van der Waals surface area contributed by atoms with E-state index in [9.17, 15) is 26.7 Å². The third kappa shape index (κ3) is 3.45. The van der Waals surface area contributed by atoms with Gasteiger partial charge >= 0.3 is 6.18 Å². The molecule has 0 aliphatic heterocycles. The highest BCUT2D eigenvalue weighted by molar-refractivity contribution is 5.97. The summed E-state index contributed by atoms with van der Waals surface area (Å²) in [7, 11) is 0. The Morgan fingerprint density at radius 1 is 0.952 bits per heavy atom. The summed E-state index contributed by atoms with van der Waals surface area (Å²) < 4.78 is 64.5. The smallest absolute Gasteiger partial charge is 0.294 e. The number of ketones is 1. The van der Waals surface area contributed by atoms with Gasteiger partial charge in [-0.2, -0.15) is 13.2 Å². The van der Waals surface area contributed by atoms with Crippen LogP contribution >= 0.6 is 0 Å². The van der Waals surface area contributed by atoms with Crippen molar-refractivity contribution < 1.29 is 26.7 Å². The van der Waals surface area contributed by atoms with Gasteiger partial charge in [0.1, 0.15) is 11.6 Å². The number of rotatable bonds is 3. The van der Waals surface area contributed by atoms with E-state index in [0.29, 0.717) is 6.07 Å². The van der Waals surface area contributed by atoms with Crippen LogP contribution in [-0.4, -0.2) is 5.78 Å². The first-order valence-corrected chi connectivity index (χ1v) is 5.92. The van der Waals surface area contributed by atoms with Crippen LogP contribution in [0.15, 0.2) is 42.5 Å². The molecule has 0 N–H and O–H groups in total. The lowest BCUT2D eigenvalue weighted by Gasteiger charge is -2.09. The van der Waals surface area contributed by atoms with E-state index < -0.39 is 41.1 Å². The van der Waals surface area contributed by atoms with Gasteiger partial charge < -0.3 is 0 Å². The van der Waals surface area contributed by atoms with Crippen molar-refractivity contribution in [2.75, 3.05) is 0 Å². The van der Waals surface area contributed by atoms with Gasteiger partial charge in [-0.15, -0.1) is 0 Å². The highest BCUT2D eigenvalue weighted by Crippen LogP contribution is 2.29. The molecule has 21 heavy (non-hydrogen) atoms. The van der Waals surface area contributed by atoms with Crippen molar-refractivity contribution in [1.29, 1.82) is 0 Å². The number of carbonyl (C=O) groups excluding carboxylic acids is 1. The minimum Gasteiger partial charge on any atom is -0.294 e. The summed E-state index contributed by atoms with van der Waals surface area (Å²) in [4.78, 5) is 11.9. The number of hydrogen-bond acceptors (Lipinski definition) is 1. The van der Waals surface area contributed by atoms with Gasteiger partial charge in [-0.1, -0.05) is 18.2 Å². The van der Waals surface area contributed by atoms with Crippen molar-refractivity contribution in [1.82, 2.24) is 0 Å². The van der Waals surface area contributed by atoms with E-state index in [1.165, 1.54) is 6.07 Å². The lowest BCUT2D eigenvalue weighted by Crippen LogP contribution is -2.10. The molecule has 0 aliphatic rings. The number of halogens is 5. The first-order chi connectivity index (χ1) is 9.79. The van der Waals surface area contributed by atoms with E-state index in [1.54, 1.807) is 0 Å². The monoisotopic (exact) mass is 300 g/mol. The third-order valence-electron chi connectivity index (χ3n) is 2.91. The van der Waals surface area contributed by atoms with Gasteiger partial charge in [0.15, 0.2) is 5.78 Å². The summed E-state index contributed by atoms with van der Waals surface area (Å²) in [6.45, 7) is 0. The molecule has 0 radical (unpaired) electrons. The standard InChI is InChI=1S/C15H9F5O/c16-12-5-2-6-13(17)11(12)8-14(21)9-3-1-4-10(7-9)15(18,19)20/h1-7H,8H2. The van der Waals surface area contributed by atoms with Crippen LogP contribution in [-0.2, 0) is 12.6 Å². The molecule has 110 valence electrons. The van der Waals surface area contributed by atoms with Gasteiger partial charge in [-0.05, 0) is 24.3 Å². The molecule has 0 saturated carbocycles. The van der Waals surface area contributed by atoms with Crippen LogP contribution in [0.1, 0.15) is 21.5 Å². The Bertz CT molecular complexity index is 656. The Morgan fingerprint density at radius 2 is 1.52 bits per heavy atom. The van der Waals surface area contributed by atoms with Crippen molar-refractivity contribution in [3.05, 3.63) is 70.8 Å². The van der Waals surface area contributed by atoms with Gasteiger partial charge in [-0.25, -0.2) is 8.78 Å². The van der Waals surface area contributed by atoms with Crippen LogP contribution in [0.2, 0.25) is 0 Å². The van der Waals surface area contributed by atoms with Crippen LogP contribution in [0.4, 0.5) is 22.0 Å². The molecular weight excluding hydrogens is 291 g/mol. The summed E-state index contributed by atoms with van der Waals surface area (Å²) in [6.07, 6.45) is -5.22. The maximum atomic E-state index is 13.4. The van der Waals surface area contributed by atoms with Crippen molar-refractivity contribution >= 4 is 5.78 Å². The Morgan fingerprint density at radius 3 is 2.10 bits per heavy atom. The van der Waals surface area contributed by atoms with E-state index in [0.717, 1.165) is 30.3 Å². The van der Waals surface area contributed by atoms with Gasteiger partial charge in [0, 0.05) is 17.5 Å². The van der Waals surface area contributed by atoms with Crippen molar-refractivity contribution in [3.63, 3.8) is 0 Å². The van der Waals surface area contributed by atoms with Gasteiger partial charge in [0.05, 0.1) is 5.56 Å². The van der Waals surface area contributed by atoms with Crippen molar-refractivity contribution in [2.24, 2.45) is 0 Å². The molecule has 0 bridgehead atoms. The molecule has 0 saturated heterocycles. The fourth-order valence-electron chi connectivity index (χ4n) is 1.83. The van der Waals surface area contributed by atoms with Gasteiger partial charge in [0.2, 0.25) is 0 Å². The first-order valence-electron chi connectivity index (χ1n) is 5.92.